The van der Waals surface area contributed by atoms with Gasteiger partial charge in [0.25, 0.3) is 11.5 Å². The van der Waals surface area contributed by atoms with Gasteiger partial charge in [0.1, 0.15) is 15.8 Å². The first-order valence-corrected chi connectivity index (χ1v) is 13.0. The summed E-state index contributed by atoms with van der Waals surface area (Å²) in [7, 11) is 0. The number of pyridine rings is 1. The van der Waals surface area contributed by atoms with Gasteiger partial charge >= 0.3 is 0 Å². The summed E-state index contributed by atoms with van der Waals surface area (Å²) in [6.45, 7) is 11.8. The molecule has 3 heterocycles. The highest BCUT2D eigenvalue weighted by atomic mass is 32.2. The summed E-state index contributed by atoms with van der Waals surface area (Å²) in [4.78, 5) is 33.5. The van der Waals surface area contributed by atoms with Crippen LogP contribution in [0, 0.1) is 18.8 Å². The van der Waals surface area contributed by atoms with E-state index in [1.807, 2.05) is 19.1 Å². The third-order valence-electron chi connectivity index (χ3n) is 5.82. The van der Waals surface area contributed by atoms with Crippen LogP contribution in [0.2, 0.25) is 0 Å². The van der Waals surface area contributed by atoms with Crippen LogP contribution in [0.1, 0.15) is 64.5 Å². The number of nitrogens with one attached hydrogen (secondary N) is 1. The van der Waals surface area contributed by atoms with E-state index in [1.165, 1.54) is 11.8 Å². The number of nitrogens with zero attached hydrogens (tertiary/aromatic N) is 3. The van der Waals surface area contributed by atoms with Gasteiger partial charge in [-0.15, -0.1) is 0 Å². The smallest absolute Gasteiger partial charge is 0.267 e. The molecule has 0 saturated carbocycles. The lowest BCUT2D eigenvalue weighted by Crippen LogP contribution is -2.33. The van der Waals surface area contributed by atoms with Gasteiger partial charge in [-0.2, -0.15) is 0 Å². The van der Waals surface area contributed by atoms with Crippen molar-refractivity contribution in [1.29, 1.82) is 0 Å². The summed E-state index contributed by atoms with van der Waals surface area (Å²) in [5.74, 6) is 1.18. The number of fused-ring (bicyclic) bond motifs is 1. The van der Waals surface area contributed by atoms with Crippen LogP contribution in [0.3, 0.4) is 0 Å². The zero-order valence-electron chi connectivity index (χ0n) is 20.2. The highest BCUT2D eigenvalue weighted by Gasteiger charge is 2.33. The van der Waals surface area contributed by atoms with Gasteiger partial charge < -0.3 is 5.32 Å². The van der Waals surface area contributed by atoms with Crippen molar-refractivity contribution in [1.82, 2.24) is 14.3 Å². The van der Waals surface area contributed by atoms with Crippen LogP contribution in [0.4, 0.5) is 5.82 Å². The molecule has 1 atom stereocenters. The van der Waals surface area contributed by atoms with Crippen LogP contribution in [0.5, 0.6) is 0 Å². The molecule has 3 rings (SSSR count). The second-order valence-corrected chi connectivity index (χ2v) is 10.8. The topological polar surface area (TPSA) is 66.7 Å². The van der Waals surface area contributed by atoms with Gasteiger partial charge in [0.2, 0.25) is 0 Å². The molecule has 1 aliphatic rings. The van der Waals surface area contributed by atoms with Crippen LogP contribution in [-0.4, -0.2) is 37.6 Å². The number of thiocarbonyl (C=S) groups is 1. The van der Waals surface area contributed by atoms with Crippen molar-refractivity contribution in [2.45, 2.75) is 60.3 Å². The number of unbranched alkanes of at least 4 members (excludes halogenated alkanes) is 1. The number of hydrogen-bond acceptors (Lipinski definition) is 6. The normalized spacial score (nSPS) is 16.4. The molecule has 1 fully saturated rings. The monoisotopic (exact) mass is 486 g/mol. The van der Waals surface area contributed by atoms with Crippen molar-refractivity contribution >= 4 is 51.7 Å². The maximum Gasteiger partial charge on any atom is 0.267 e. The van der Waals surface area contributed by atoms with E-state index >= 15 is 0 Å². The Balaban J connectivity index is 1.99. The lowest BCUT2D eigenvalue weighted by atomic mass is 9.99. The molecule has 0 bridgehead atoms. The lowest BCUT2D eigenvalue weighted by Gasteiger charge is -2.21. The lowest BCUT2D eigenvalue weighted by molar-refractivity contribution is -0.122. The molecular weight excluding hydrogens is 452 g/mol. The number of aromatic nitrogens is 2. The van der Waals surface area contributed by atoms with Crippen LogP contribution in [0.15, 0.2) is 28.0 Å². The predicted octanol–water partition coefficient (Wildman–Crippen LogP) is 5.49. The average molecular weight is 487 g/mol. The molecule has 2 aromatic heterocycles. The van der Waals surface area contributed by atoms with Gasteiger partial charge in [-0.1, -0.05) is 77.0 Å². The van der Waals surface area contributed by atoms with E-state index < -0.39 is 0 Å². The number of carbonyl (C=O) groups is 1. The van der Waals surface area contributed by atoms with Crippen molar-refractivity contribution < 1.29 is 4.79 Å². The molecule has 1 unspecified atom stereocenters. The number of anilines is 1. The Morgan fingerprint density at radius 1 is 1.24 bits per heavy atom. The average Bonchev–Trinajstić information content (AvgIpc) is 3.04. The van der Waals surface area contributed by atoms with Crippen molar-refractivity contribution in [3.8, 4) is 0 Å². The van der Waals surface area contributed by atoms with E-state index in [2.05, 4.69) is 38.0 Å². The summed E-state index contributed by atoms with van der Waals surface area (Å²) in [6, 6.07) is 3.77. The number of hydrogen-bond donors (Lipinski definition) is 1. The second-order valence-electron chi connectivity index (χ2n) is 9.10. The Labute approximate surface area is 205 Å². The Morgan fingerprint density at radius 3 is 2.67 bits per heavy atom. The Kier molecular flexibility index (Phi) is 8.70. The maximum atomic E-state index is 13.4. The minimum absolute atomic E-state index is 0.122. The maximum absolute atomic E-state index is 13.4. The number of thioether (sulfide) groups is 1. The molecule has 1 N–H and O–H groups in total. The molecule has 6 nitrogen and oxygen atoms in total. The quantitative estimate of drug-likeness (QED) is 0.354. The van der Waals surface area contributed by atoms with E-state index in [-0.39, 0.29) is 11.5 Å². The SMILES string of the molecule is CCCCC(CC)CN1C(=O)/C(=C/c2c(NCC(C)C)nc3ccc(C)cn3c2=O)SC1=S. The minimum atomic E-state index is -0.199. The summed E-state index contributed by atoms with van der Waals surface area (Å²) >= 11 is 6.82. The third-order valence-corrected chi connectivity index (χ3v) is 7.19. The summed E-state index contributed by atoms with van der Waals surface area (Å²) in [5.41, 5.74) is 1.72. The van der Waals surface area contributed by atoms with E-state index in [0.717, 1.165) is 31.2 Å². The van der Waals surface area contributed by atoms with Crippen molar-refractivity contribution in [3.05, 3.63) is 44.7 Å². The predicted molar refractivity (Wildman–Crippen MR) is 143 cm³/mol. The first kappa shape index (κ1) is 25.4. The molecular formula is C25H34N4O2S2. The van der Waals surface area contributed by atoms with Gasteiger partial charge in [-0.05, 0) is 42.9 Å². The molecule has 1 amide bonds. The molecule has 1 aliphatic heterocycles. The summed E-state index contributed by atoms with van der Waals surface area (Å²) < 4.78 is 2.10. The van der Waals surface area contributed by atoms with Gasteiger partial charge in [0.05, 0.1) is 10.5 Å². The highest BCUT2D eigenvalue weighted by molar-refractivity contribution is 8.26. The zero-order valence-corrected chi connectivity index (χ0v) is 21.8. The second kappa shape index (κ2) is 11.3. The van der Waals surface area contributed by atoms with Crippen LogP contribution >= 0.6 is 24.0 Å². The molecule has 0 radical (unpaired) electrons. The molecule has 2 aromatic rings. The Morgan fingerprint density at radius 2 is 2.00 bits per heavy atom. The Bertz CT molecular complexity index is 1120. The first-order chi connectivity index (χ1) is 15.7. The van der Waals surface area contributed by atoms with Gasteiger partial charge in [-0.3, -0.25) is 18.9 Å². The summed E-state index contributed by atoms with van der Waals surface area (Å²) in [5, 5.41) is 3.30. The fraction of sp³-hybridized carbons (Fsp3) is 0.520. The molecule has 8 heteroatoms. The number of rotatable bonds is 10. The van der Waals surface area contributed by atoms with Crippen molar-refractivity contribution in [2.75, 3.05) is 18.4 Å². The largest absolute Gasteiger partial charge is 0.369 e. The van der Waals surface area contributed by atoms with Gasteiger partial charge in [0.15, 0.2) is 0 Å². The van der Waals surface area contributed by atoms with Crippen LogP contribution in [-0.2, 0) is 4.79 Å². The fourth-order valence-electron chi connectivity index (χ4n) is 3.79. The standard InChI is InChI=1S/C25H34N4O2S2/c1-6-8-9-18(7-2)15-29-24(31)20(33-25(29)32)12-19-22(26-13-16(3)4)27-21-11-10-17(5)14-28(21)23(19)30/h10-12,14,16,18,26H,6-9,13,15H2,1-5H3/b20-12-. The number of carbonyl (C=O) groups excluding carboxylic acids is 1. The number of aryl methyl sites for hydroxylation is 1. The van der Waals surface area contributed by atoms with E-state index in [9.17, 15) is 9.59 Å². The van der Waals surface area contributed by atoms with E-state index in [1.54, 1.807) is 21.6 Å². The first-order valence-electron chi connectivity index (χ1n) is 11.8. The number of amides is 1. The van der Waals surface area contributed by atoms with Gasteiger partial charge in [0, 0.05) is 19.3 Å². The molecule has 178 valence electrons. The molecule has 0 aliphatic carbocycles. The summed E-state index contributed by atoms with van der Waals surface area (Å²) in [6.07, 6.45) is 7.82. The molecule has 0 spiro atoms. The molecule has 33 heavy (non-hydrogen) atoms. The molecule has 1 saturated heterocycles. The van der Waals surface area contributed by atoms with E-state index in [0.29, 0.717) is 51.2 Å². The molecule has 0 aromatic carbocycles. The Hall–Kier alpha value is -2.19. The van der Waals surface area contributed by atoms with Crippen LogP contribution in [0.25, 0.3) is 11.7 Å². The van der Waals surface area contributed by atoms with Crippen LogP contribution < -0.4 is 10.9 Å². The minimum Gasteiger partial charge on any atom is -0.369 e. The highest BCUT2D eigenvalue weighted by Crippen LogP contribution is 2.34. The van der Waals surface area contributed by atoms with Crippen molar-refractivity contribution in [2.24, 2.45) is 11.8 Å². The fourth-order valence-corrected chi connectivity index (χ4v) is 5.05. The van der Waals surface area contributed by atoms with E-state index in [4.69, 9.17) is 12.2 Å². The third kappa shape index (κ3) is 6.03. The zero-order chi connectivity index (χ0) is 24.1. The van der Waals surface area contributed by atoms with Gasteiger partial charge in [-0.25, -0.2) is 4.98 Å². The van der Waals surface area contributed by atoms with Crippen molar-refractivity contribution in [3.63, 3.8) is 0 Å².